The fourth-order valence-electron chi connectivity index (χ4n) is 0.722. The van der Waals surface area contributed by atoms with Crippen molar-refractivity contribution in [2.45, 2.75) is 18.8 Å². The lowest BCUT2D eigenvalue weighted by atomic mass is 10.2. The van der Waals surface area contributed by atoms with E-state index in [4.69, 9.17) is 0 Å². The van der Waals surface area contributed by atoms with Crippen LogP contribution in [0.1, 0.15) is 0 Å². The molecule has 116 valence electrons. The quantitative estimate of drug-likeness (QED) is 0.246. The summed E-state index contributed by atoms with van der Waals surface area (Å²) in [5.74, 6) is 0. The summed E-state index contributed by atoms with van der Waals surface area (Å²) in [5, 5.41) is 0. The van der Waals surface area contributed by atoms with Gasteiger partial charge in [0, 0.05) is 0 Å². The summed E-state index contributed by atoms with van der Waals surface area (Å²) in [6.07, 6.45) is 0. The summed E-state index contributed by atoms with van der Waals surface area (Å²) in [6.45, 7) is 0. The van der Waals surface area contributed by atoms with E-state index >= 15 is 0 Å². The molecule has 0 aliphatic rings. The number of hydrogen-bond donors (Lipinski definition) is 0. The zero-order valence-corrected chi connectivity index (χ0v) is 28.6. The average molecular weight is 1110 g/mol. The van der Waals surface area contributed by atoms with Crippen LogP contribution in [0.5, 0.6) is 0 Å². The molecule has 13 heteroatoms. The van der Waals surface area contributed by atoms with Crippen molar-refractivity contribution >= 4 is 207 Å². The molecule has 0 radical (unpaired) electrons. The molecule has 0 aliphatic heterocycles. The Kier molecular flexibility index (Phi) is 11.3. The Labute approximate surface area is 221 Å². The fourth-order valence-corrected chi connectivity index (χ4v) is 10.7. The molecule has 0 saturated heterocycles. The first-order valence-corrected chi connectivity index (χ1v) is 14.4. The van der Waals surface area contributed by atoms with Gasteiger partial charge in [0.2, 0.25) is 0 Å². The van der Waals surface area contributed by atoms with Crippen molar-refractivity contribution in [3.05, 3.63) is 0 Å². The van der Waals surface area contributed by atoms with Crippen molar-refractivity contribution in [1.82, 2.24) is 0 Å². The predicted octanol–water partition coefficient (Wildman–Crippen LogP) is 9.89. The first kappa shape index (κ1) is 25.2. The summed E-state index contributed by atoms with van der Waals surface area (Å²) < 4.78 is -3.61. The van der Waals surface area contributed by atoms with Gasteiger partial charge in [0.1, 0.15) is 12.9 Å². The predicted molar refractivity (Wildman–Crippen MR) is 133 cm³/mol. The third-order valence-electron chi connectivity index (χ3n) is 1.84. The van der Waals surface area contributed by atoms with E-state index in [-0.39, 0.29) is 3.74 Å². The van der Waals surface area contributed by atoms with Gasteiger partial charge in [0.15, 0.2) is 2.14 Å². The van der Waals surface area contributed by atoms with E-state index in [1.807, 2.05) is 0 Å². The Morgan fingerprint density at radius 2 is 0.789 bits per heavy atom. The maximum Gasteiger partial charge on any atom is 0.162 e. The minimum absolute atomic E-state index is 0.105. The molecule has 0 rings (SSSR count). The van der Waals surface area contributed by atoms with E-state index < -0.39 is 15.1 Å². The zero-order valence-electron chi connectivity index (χ0n) is 7.99. The Balaban J connectivity index is 5.92. The van der Waals surface area contributed by atoms with Crippen molar-refractivity contribution in [3.8, 4) is 0 Å². The van der Waals surface area contributed by atoms with Gasteiger partial charge in [-0.3, -0.25) is 0 Å². The highest BCUT2D eigenvalue weighted by Crippen LogP contribution is 2.73. The first-order chi connectivity index (χ1) is 7.94. The van der Waals surface area contributed by atoms with E-state index in [1.165, 1.54) is 0 Å². The largest absolute Gasteiger partial charge is 0.162 e. The van der Waals surface area contributed by atoms with Crippen molar-refractivity contribution < 1.29 is 0 Å². The lowest BCUT2D eigenvalue weighted by molar-refractivity contribution is 0.681. The fraction of sp³-hybridized carbons (Fsp3) is 1.00. The molecule has 0 aromatic rings. The number of hydrogen-bond acceptors (Lipinski definition) is 0. The van der Waals surface area contributed by atoms with Crippen LogP contribution in [0.25, 0.3) is 0 Å². The van der Waals surface area contributed by atoms with E-state index in [1.54, 1.807) is 0 Å². The van der Waals surface area contributed by atoms with E-state index in [9.17, 15) is 0 Å². The van der Waals surface area contributed by atoms with Gasteiger partial charge in [0.05, 0.1) is 3.74 Å². The van der Waals surface area contributed by atoms with Gasteiger partial charge in [-0.15, -0.1) is 0 Å². The smallest absolute Gasteiger partial charge is 0.0739 e. The molecular weight excluding hydrogens is 1110 g/mol. The van der Waals surface area contributed by atoms with Gasteiger partial charge >= 0.3 is 0 Å². The molecule has 0 fully saturated rings. The second-order valence-corrected chi connectivity index (χ2v) is 26.9. The van der Waals surface area contributed by atoms with Gasteiger partial charge in [0.25, 0.3) is 0 Å². The van der Waals surface area contributed by atoms with E-state index in [2.05, 4.69) is 207 Å². The van der Waals surface area contributed by atoms with Crippen molar-refractivity contribution in [2.24, 2.45) is 0 Å². The summed E-state index contributed by atoms with van der Waals surface area (Å²) in [6, 6.07) is 0. The molecule has 0 heterocycles. The molecule has 0 spiro atoms. The second kappa shape index (κ2) is 8.50. The molecule has 0 unspecified atom stereocenters. The highest BCUT2D eigenvalue weighted by atomic mass is 80.0. The van der Waals surface area contributed by atoms with Crippen LogP contribution >= 0.6 is 207 Å². The minimum Gasteiger partial charge on any atom is -0.0739 e. The maximum atomic E-state index is 3.70. The van der Waals surface area contributed by atoms with Crippen LogP contribution in [0, 0.1) is 0 Å². The second-order valence-electron chi connectivity index (χ2n) is 3.14. The van der Waals surface area contributed by atoms with Gasteiger partial charge in [-0.05, 0) is 0 Å². The molecule has 0 aromatic carbocycles. The molecule has 0 aromatic heterocycles. The third kappa shape index (κ3) is 5.15. The van der Waals surface area contributed by atoms with Crippen LogP contribution < -0.4 is 0 Å². The van der Waals surface area contributed by atoms with E-state index in [0.717, 1.165) is 0 Å². The van der Waals surface area contributed by atoms with Crippen LogP contribution in [-0.4, -0.2) is 18.8 Å². The highest BCUT2D eigenvalue weighted by Gasteiger charge is 2.70. The van der Waals surface area contributed by atoms with Crippen molar-refractivity contribution in [1.29, 1.82) is 0 Å². The van der Waals surface area contributed by atoms with Crippen molar-refractivity contribution in [3.63, 3.8) is 0 Å². The maximum absolute atomic E-state index is 3.70. The van der Waals surface area contributed by atoms with Gasteiger partial charge in [-0.25, -0.2) is 0 Å². The zero-order chi connectivity index (χ0) is 16.1. The molecule has 0 nitrogen and oxygen atoms in total. The Bertz CT molecular complexity index is 323. The topological polar surface area (TPSA) is 0 Å². The van der Waals surface area contributed by atoms with Crippen LogP contribution in [0.2, 0.25) is 0 Å². The minimum atomic E-state index is -0.761. The molecule has 19 heavy (non-hydrogen) atoms. The summed E-state index contributed by atoms with van der Waals surface area (Å²) in [5.41, 5.74) is 0. The Hall–Kier alpha value is 6.24. The molecule has 0 N–H and O–H groups in total. The molecule has 0 aliphatic carbocycles. The number of halogens is 13. The monoisotopic (exact) mass is 1100 g/mol. The Morgan fingerprint density at radius 3 is 1.00 bits per heavy atom. The Morgan fingerprint density at radius 1 is 0.474 bits per heavy atom. The van der Waals surface area contributed by atoms with Crippen LogP contribution in [0.4, 0.5) is 0 Å². The lowest BCUT2D eigenvalue weighted by Gasteiger charge is -2.51. The third-order valence-corrected chi connectivity index (χ3v) is 26.3. The highest BCUT2D eigenvalue weighted by molar-refractivity contribution is 9.42. The summed E-state index contributed by atoms with van der Waals surface area (Å²) in [7, 11) is 0. The standard InChI is InChI=1S/C6HBr13/c7-1(8)2(9,10)3(11,12)4(13,14)5(15,16)6(17,18)19/h1H. The van der Waals surface area contributed by atoms with Crippen molar-refractivity contribution in [2.75, 3.05) is 0 Å². The van der Waals surface area contributed by atoms with Crippen LogP contribution in [-0.2, 0) is 0 Å². The average Bonchev–Trinajstić information content (AvgIpc) is 2.14. The van der Waals surface area contributed by atoms with E-state index in [0.29, 0.717) is 0 Å². The molecule has 0 saturated carbocycles. The number of rotatable bonds is 4. The normalized spacial score (nSPS) is 16.1. The summed E-state index contributed by atoms with van der Waals surface area (Å²) in [4.78, 5) is 0. The number of alkyl halides is 13. The first-order valence-electron chi connectivity index (χ1n) is 3.80. The molecule has 0 atom stereocenters. The SMILES string of the molecule is BrC(Br)C(Br)(Br)C(Br)(Br)C(Br)(Br)C(Br)(Br)C(Br)(Br)Br. The van der Waals surface area contributed by atoms with Crippen LogP contribution in [0.3, 0.4) is 0 Å². The molecule has 0 amide bonds. The van der Waals surface area contributed by atoms with Gasteiger partial charge in [-0.1, -0.05) is 207 Å². The lowest BCUT2D eigenvalue weighted by Crippen LogP contribution is -2.60. The van der Waals surface area contributed by atoms with Gasteiger partial charge in [-0.2, -0.15) is 0 Å². The van der Waals surface area contributed by atoms with Crippen LogP contribution in [0.15, 0.2) is 0 Å². The molecular formula is C6HBr13. The van der Waals surface area contributed by atoms with Gasteiger partial charge < -0.3 is 0 Å². The summed E-state index contributed by atoms with van der Waals surface area (Å²) >= 11 is 46.9. The molecule has 0 bridgehead atoms.